The highest BCUT2D eigenvalue weighted by Gasteiger charge is 2.42. The van der Waals surface area contributed by atoms with Crippen LogP contribution in [0.15, 0.2) is 42.6 Å². The fourth-order valence-electron chi connectivity index (χ4n) is 2.29. The fraction of sp³-hybridized carbons (Fsp3) is 0.294. The molecule has 2 aromatic rings. The van der Waals surface area contributed by atoms with Crippen molar-refractivity contribution < 1.29 is 18.7 Å². The van der Waals surface area contributed by atoms with E-state index in [1.807, 2.05) is 19.9 Å². The molecule has 4 nitrogen and oxygen atoms in total. The highest BCUT2D eigenvalue weighted by molar-refractivity contribution is 5.84. The summed E-state index contributed by atoms with van der Waals surface area (Å²) in [5, 5.41) is 12.2. The first-order chi connectivity index (χ1) is 10.8. The Labute approximate surface area is 133 Å². The molecular formula is C17H18F2N2O2. The normalized spacial score (nSPS) is 12.7. The van der Waals surface area contributed by atoms with Gasteiger partial charge in [-0.2, -0.15) is 8.78 Å². The monoisotopic (exact) mass is 320 g/mol. The Morgan fingerprint density at radius 1 is 1.26 bits per heavy atom. The van der Waals surface area contributed by atoms with Crippen molar-refractivity contribution in [2.75, 3.05) is 6.54 Å². The van der Waals surface area contributed by atoms with Gasteiger partial charge in [0.05, 0.1) is 6.10 Å². The van der Waals surface area contributed by atoms with Crippen LogP contribution in [-0.4, -0.2) is 22.5 Å². The molecule has 2 rings (SSSR count). The molecule has 0 fully saturated rings. The number of aryl methyl sites for hydroxylation is 2. The lowest BCUT2D eigenvalue weighted by atomic mass is 10.0. The lowest BCUT2D eigenvalue weighted by Crippen LogP contribution is -2.40. The molecule has 0 saturated heterocycles. The molecule has 6 heteroatoms. The van der Waals surface area contributed by atoms with Gasteiger partial charge in [0.2, 0.25) is 0 Å². The Morgan fingerprint density at radius 3 is 2.48 bits per heavy atom. The zero-order chi connectivity index (χ0) is 17.0. The van der Waals surface area contributed by atoms with Crippen molar-refractivity contribution >= 4 is 5.91 Å². The van der Waals surface area contributed by atoms with Crippen molar-refractivity contribution in [3.8, 4) is 0 Å². The number of benzene rings is 1. The van der Waals surface area contributed by atoms with E-state index < -0.39 is 23.6 Å². The molecule has 1 aromatic heterocycles. The average molecular weight is 320 g/mol. The third-order valence-corrected chi connectivity index (χ3v) is 3.36. The van der Waals surface area contributed by atoms with E-state index >= 15 is 0 Å². The van der Waals surface area contributed by atoms with Crippen LogP contribution >= 0.6 is 0 Å². The lowest BCUT2D eigenvalue weighted by molar-refractivity contribution is -0.148. The van der Waals surface area contributed by atoms with Gasteiger partial charge in [0.25, 0.3) is 5.91 Å². The van der Waals surface area contributed by atoms with Crippen LogP contribution in [0.3, 0.4) is 0 Å². The number of rotatable bonds is 5. The molecule has 0 bridgehead atoms. The first-order valence-electron chi connectivity index (χ1n) is 7.14. The Morgan fingerprint density at radius 2 is 1.91 bits per heavy atom. The summed E-state index contributed by atoms with van der Waals surface area (Å²) in [7, 11) is 0. The van der Waals surface area contributed by atoms with E-state index in [1.54, 1.807) is 12.1 Å². The number of carbonyl (C=O) groups is 1. The van der Waals surface area contributed by atoms with Gasteiger partial charge in [-0.25, -0.2) is 0 Å². The lowest BCUT2D eigenvalue weighted by Gasteiger charge is -2.18. The number of hydrogen-bond acceptors (Lipinski definition) is 3. The second kappa shape index (κ2) is 6.83. The smallest absolute Gasteiger partial charge is 0.366 e. The molecule has 0 radical (unpaired) electrons. The summed E-state index contributed by atoms with van der Waals surface area (Å²) in [5.74, 6) is -5.23. The van der Waals surface area contributed by atoms with Crippen LogP contribution in [-0.2, 0) is 10.7 Å². The van der Waals surface area contributed by atoms with E-state index in [-0.39, 0.29) is 6.54 Å². The predicted octanol–water partition coefficient (Wildman–Crippen LogP) is 2.64. The number of aliphatic hydroxyl groups excluding tert-OH is 1. The molecule has 122 valence electrons. The molecule has 0 aliphatic heterocycles. The SMILES string of the molecule is Cc1cc(C)cc([C@H](O)CNC(=O)C(F)(F)c2ccccn2)c1. The van der Waals surface area contributed by atoms with Crippen molar-refractivity contribution in [2.24, 2.45) is 0 Å². The van der Waals surface area contributed by atoms with Gasteiger partial charge in [-0.05, 0) is 31.5 Å². The summed E-state index contributed by atoms with van der Waals surface area (Å²) in [5.41, 5.74) is 1.84. The van der Waals surface area contributed by atoms with Crippen LogP contribution < -0.4 is 5.32 Å². The van der Waals surface area contributed by atoms with Gasteiger partial charge >= 0.3 is 5.92 Å². The number of hydrogen-bond donors (Lipinski definition) is 2. The van der Waals surface area contributed by atoms with Gasteiger partial charge in [0, 0.05) is 12.7 Å². The molecule has 0 spiro atoms. The second-order valence-electron chi connectivity index (χ2n) is 5.44. The second-order valence-corrected chi connectivity index (χ2v) is 5.44. The summed E-state index contributed by atoms with van der Waals surface area (Å²) in [6.07, 6.45) is 0.137. The van der Waals surface area contributed by atoms with Gasteiger partial charge in [-0.15, -0.1) is 0 Å². The number of amides is 1. The summed E-state index contributed by atoms with van der Waals surface area (Å²) >= 11 is 0. The molecule has 23 heavy (non-hydrogen) atoms. The maximum Gasteiger partial charge on any atom is 0.366 e. The minimum Gasteiger partial charge on any atom is -0.387 e. The third-order valence-electron chi connectivity index (χ3n) is 3.36. The number of alkyl halides is 2. The molecular weight excluding hydrogens is 302 g/mol. The molecule has 1 atom stereocenters. The van der Waals surface area contributed by atoms with Crippen LogP contribution in [0.25, 0.3) is 0 Å². The molecule has 0 unspecified atom stereocenters. The van der Waals surface area contributed by atoms with E-state index in [4.69, 9.17) is 0 Å². The van der Waals surface area contributed by atoms with Crippen LogP contribution in [0.5, 0.6) is 0 Å². The van der Waals surface area contributed by atoms with E-state index in [1.165, 1.54) is 18.3 Å². The van der Waals surface area contributed by atoms with Gasteiger partial charge in [0.15, 0.2) is 0 Å². The number of pyridine rings is 1. The van der Waals surface area contributed by atoms with Crippen LogP contribution in [0.4, 0.5) is 8.78 Å². The minimum atomic E-state index is -3.75. The third kappa shape index (κ3) is 4.10. The topological polar surface area (TPSA) is 62.2 Å². The van der Waals surface area contributed by atoms with Crippen LogP contribution in [0.1, 0.15) is 28.5 Å². The fourth-order valence-corrected chi connectivity index (χ4v) is 2.29. The quantitative estimate of drug-likeness (QED) is 0.890. The van der Waals surface area contributed by atoms with Gasteiger partial charge in [0.1, 0.15) is 5.69 Å². The Bertz CT molecular complexity index is 670. The van der Waals surface area contributed by atoms with Crippen molar-refractivity contribution in [2.45, 2.75) is 25.9 Å². The molecule has 0 saturated carbocycles. The van der Waals surface area contributed by atoms with E-state index in [9.17, 15) is 18.7 Å². The number of aromatic nitrogens is 1. The number of carbonyl (C=O) groups excluding carboxylic acids is 1. The van der Waals surface area contributed by atoms with Crippen molar-refractivity contribution in [3.05, 3.63) is 65.0 Å². The van der Waals surface area contributed by atoms with Crippen molar-refractivity contribution in [3.63, 3.8) is 0 Å². The predicted molar refractivity (Wildman–Crippen MR) is 82.0 cm³/mol. The average Bonchev–Trinajstić information content (AvgIpc) is 2.52. The molecule has 1 aromatic carbocycles. The maximum absolute atomic E-state index is 14.0. The zero-order valence-corrected chi connectivity index (χ0v) is 12.9. The first kappa shape index (κ1) is 17.0. The van der Waals surface area contributed by atoms with E-state index in [0.29, 0.717) is 5.56 Å². The standard InChI is InChI=1S/C17H18F2N2O2/c1-11-7-12(2)9-13(8-11)14(22)10-21-16(23)17(18,19)15-5-3-4-6-20-15/h3-9,14,22H,10H2,1-2H3,(H,21,23)/t14-/m1/s1. The van der Waals surface area contributed by atoms with E-state index in [0.717, 1.165) is 17.2 Å². The van der Waals surface area contributed by atoms with E-state index in [2.05, 4.69) is 10.3 Å². The molecule has 0 aliphatic rings. The number of halogens is 2. The number of nitrogens with one attached hydrogen (secondary N) is 1. The van der Waals surface area contributed by atoms with Crippen LogP contribution in [0.2, 0.25) is 0 Å². The van der Waals surface area contributed by atoms with Crippen LogP contribution in [0, 0.1) is 13.8 Å². The summed E-state index contributed by atoms with van der Waals surface area (Å²) < 4.78 is 27.9. The summed E-state index contributed by atoms with van der Waals surface area (Å²) in [4.78, 5) is 15.2. The van der Waals surface area contributed by atoms with Gasteiger partial charge < -0.3 is 10.4 Å². The highest BCUT2D eigenvalue weighted by atomic mass is 19.3. The van der Waals surface area contributed by atoms with Gasteiger partial charge in [-0.1, -0.05) is 35.4 Å². The summed E-state index contributed by atoms with van der Waals surface area (Å²) in [6.45, 7) is 3.44. The molecule has 1 heterocycles. The molecule has 2 N–H and O–H groups in total. The Balaban J connectivity index is 2.03. The summed E-state index contributed by atoms with van der Waals surface area (Å²) in [6, 6.07) is 9.39. The molecule has 0 aliphatic carbocycles. The molecule has 1 amide bonds. The maximum atomic E-state index is 14.0. The number of aliphatic hydroxyl groups is 1. The number of nitrogens with zero attached hydrogens (tertiary/aromatic N) is 1. The Kier molecular flexibility index (Phi) is 5.05. The zero-order valence-electron chi connectivity index (χ0n) is 12.9. The van der Waals surface area contributed by atoms with Gasteiger partial charge in [-0.3, -0.25) is 9.78 Å². The van der Waals surface area contributed by atoms with Crippen molar-refractivity contribution in [1.29, 1.82) is 0 Å². The first-order valence-corrected chi connectivity index (χ1v) is 7.14. The Hall–Kier alpha value is -2.34. The highest BCUT2D eigenvalue weighted by Crippen LogP contribution is 2.26. The van der Waals surface area contributed by atoms with Crippen molar-refractivity contribution in [1.82, 2.24) is 10.3 Å². The largest absolute Gasteiger partial charge is 0.387 e. The minimum absolute atomic E-state index is 0.301.